The summed E-state index contributed by atoms with van der Waals surface area (Å²) in [4.78, 5) is 17.6. The van der Waals surface area contributed by atoms with Gasteiger partial charge < -0.3 is 10.1 Å². The number of nitrogens with one attached hydrogen (secondary N) is 2. The lowest BCUT2D eigenvalue weighted by molar-refractivity contribution is -0.0498. The van der Waals surface area contributed by atoms with Gasteiger partial charge in [0.25, 0.3) is 0 Å². The fourth-order valence-corrected chi connectivity index (χ4v) is 3.42. The second-order valence-electron chi connectivity index (χ2n) is 7.57. The van der Waals surface area contributed by atoms with E-state index in [0.29, 0.717) is 23.2 Å². The van der Waals surface area contributed by atoms with Crippen molar-refractivity contribution < 1.29 is 13.5 Å². The van der Waals surface area contributed by atoms with Crippen molar-refractivity contribution in [2.75, 3.05) is 5.32 Å². The molecule has 10 heteroatoms. The molecule has 0 bridgehead atoms. The minimum atomic E-state index is -2.87. The predicted molar refractivity (Wildman–Crippen MR) is 127 cm³/mol. The molecule has 8 nitrogen and oxygen atoms in total. The van der Waals surface area contributed by atoms with E-state index in [-0.39, 0.29) is 5.75 Å². The molecule has 0 saturated heterocycles. The summed E-state index contributed by atoms with van der Waals surface area (Å²) in [6.45, 7) is -0.894. The van der Waals surface area contributed by atoms with Crippen molar-refractivity contribution >= 4 is 11.6 Å². The van der Waals surface area contributed by atoms with Crippen LogP contribution in [0.15, 0.2) is 79.3 Å². The van der Waals surface area contributed by atoms with Gasteiger partial charge in [-0.25, -0.2) is 15.0 Å². The van der Waals surface area contributed by atoms with Crippen molar-refractivity contribution in [3.63, 3.8) is 0 Å². The Balaban J connectivity index is 1.37. The third-order valence-corrected chi connectivity index (χ3v) is 5.19. The van der Waals surface area contributed by atoms with Crippen LogP contribution in [-0.2, 0) is 0 Å². The van der Waals surface area contributed by atoms with Gasteiger partial charge in [0.05, 0.1) is 5.69 Å². The molecule has 2 N–H and O–H groups in total. The number of ether oxygens (including phenoxy) is 1. The summed E-state index contributed by atoms with van der Waals surface area (Å²) in [5, 5.41) is 10.5. The molecular weight excluding hydrogens is 452 g/mol. The summed E-state index contributed by atoms with van der Waals surface area (Å²) < 4.78 is 29.1. The largest absolute Gasteiger partial charge is 0.435 e. The molecule has 0 atom stereocenters. The molecule has 3 aromatic heterocycles. The van der Waals surface area contributed by atoms with Crippen LogP contribution in [0.25, 0.3) is 34.0 Å². The normalized spacial score (nSPS) is 11.0. The van der Waals surface area contributed by atoms with Gasteiger partial charge in [-0.05, 0) is 61.0 Å². The van der Waals surface area contributed by atoms with E-state index in [1.54, 1.807) is 30.7 Å². The third kappa shape index (κ3) is 5.11. The van der Waals surface area contributed by atoms with E-state index in [1.165, 1.54) is 12.1 Å². The number of pyridine rings is 1. The molecule has 3 heterocycles. The number of halogens is 2. The molecule has 0 fully saturated rings. The van der Waals surface area contributed by atoms with E-state index in [4.69, 9.17) is 0 Å². The molecule has 0 spiro atoms. The number of aromatic nitrogens is 6. The summed E-state index contributed by atoms with van der Waals surface area (Å²) >= 11 is 0. The average Bonchev–Trinajstić information content (AvgIpc) is 3.37. The molecule has 0 radical (unpaired) electrons. The molecule has 5 aromatic rings. The topological polar surface area (TPSA) is 102 Å². The lowest BCUT2D eigenvalue weighted by Gasteiger charge is -2.10. The summed E-state index contributed by atoms with van der Waals surface area (Å²) in [7, 11) is 0. The minimum absolute atomic E-state index is 0.0764. The van der Waals surface area contributed by atoms with Gasteiger partial charge in [0.2, 0.25) is 5.95 Å². The molecule has 0 saturated carbocycles. The summed E-state index contributed by atoms with van der Waals surface area (Å²) in [5.41, 5.74) is 4.93. The number of aryl methyl sites for hydroxylation is 1. The molecule has 35 heavy (non-hydrogen) atoms. The van der Waals surface area contributed by atoms with Gasteiger partial charge in [0, 0.05) is 41.0 Å². The maximum atomic E-state index is 12.4. The number of hydrogen-bond donors (Lipinski definition) is 2. The molecule has 0 unspecified atom stereocenters. The van der Waals surface area contributed by atoms with Crippen LogP contribution in [0.5, 0.6) is 5.75 Å². The van der Waals surface area contributed by atoms with Crippen LogP contribution in [0.4, 0.5) is 20.4 Å². The number of anilines is 2. The number of benzene rings is 2. The molecule has 5 rings (SSSR count). The maximum absolute atomic E-state index is 12.4. The van der Waals surface area contributed by atoms with E-state index < -0.39 is 6.61 Å². The highest BCUT2D eigenvalue weighted by atomic mass is 19.3. The molecule has 0 aliphatic rings. The Morgan fingerprint density at radius 1 is 0.914 bits per heavy atom. The Hall–Kier alpha value is -4.73. The molecule has 2 aromatic carbocycles. The Kier molecular flexibility index (Phi) is 6.08. The highest BCUT2D eigenvalue weighted by molar-refractivity contribution is 5.70. The Morgan fingerprint density at radius 3 is 2.51 bits per heavy atom. The lowest BCUT2D eigenvalue weighted by Crippen LogP contribution is -2.01. The van der Waals surface area contributed by atoms with Gasteiger partial charge in [-0.1, -0.05) is 12.1 Å². The SMILES string of the molecule is Cc1ccc(-c2n[nH]c(-c3ccc(OC(F)F)cc3)n2)cc1Nc1nccc(-c2cccnc2)n1. The molecule has 0 aliphatic heterocycles. The first kappa shape index (κ1) is 22.1. The van der Waals surface area contributed by atoms with Crippen LogP contribution in [-0.4, -0.2) is 36.7 Å². The maximum Gasteiger partial charge on any atom is 0.387 e. The fraction of sp³-hybridized carbons (Fsp3) is 0.0800. The molecular formula is C25H19F2N7O. The third-order valence-electron chi connectivity index (χ3n) is 5.19. The standard InChI is InChI=1S/C25H19F2N7O/c1-15-4-5-17(23-32-22(33-34-23)16-6-8-19(9-7-16)35-24(26)27)13-21(15)31-25-29-12-10-20(30-25)18-3-2-11-28-14-18/h2-14,24H,1H3,(H,29,30,31)(H,32,33,34). The van der Waals surface area contributed by atoms with Crippen LogP contribution < -0.4 is 10.1 Å². The lowest BCUT2D eigenvalue weighted by atomic mass is 10.1. The Labute approximate surface area is 199 Å². The highest BCUT2D eigenvalue weighted by Gasteiger charge is 2.12. The van der Waals surface area contributed by atoms with Gasteiger partial charge in [-0.3, -0.25) is 10.1 Å². The first-order valence-corrected chi connectivity index (χ1v) is 10.6. The van der Waals surface area contributed by atoms with Crippen molar-refractivity contribution in [3.05, 3.63) is 84.8 Å². The van der Waals surface area contributed by atoms with E-state index in [9.17, 15) is 8.78 Å². The molecule has 0 amide bonds. The first-order valence-electron chi connectivity index (χ1n) is 10.6. The minimum Gasteiger partial charge on any atom is -0.435 e. The summed E-state index contributed by atoms with van der Waals surface area (Å²) in [6, 6.07) is 17.6. The summed E-state index contributed by atoms with van der Waals surface area (Å²) in [6.07, 6.45) is 5.15. The van der Waals surface area contributed by atoms with Crippen molar-refractivity contribution in [3.8, 4) is 39.8 Å². The number of aromatic amines is 1. The zero-order valence-corrected chi connectivity index (χ0v) is 18.5. The van der Waals surface area contributed by atoms with Crippen LogP contribution in [0, 0.1) is 6.92 Å². The zero-order valence-electron chi connectivity index (χ0n) is 18.5. The van der Waals surface area contributed by atoms with Crippen LogP contribution >= 0.6 is 0 Å². The smallest absolute Gasteiger partial charge is 0.387 e. The van der Waals surface area contributed by atoms with Crippen molar-refractivity contribution in [1.29, 1.82) is 0 Å². The van der Waals surface area contributed by atoms with Gasteiger partial charge >= 0.3 is 6.61 Å². The fourth-order valence-electron chi connectivity index (χ4n) is 3.42. The van der Waals surface area contributed by atoms with E-state index >= 15 is 0 Å². The number of rotatable bonds is 7. The van der Waals surface area contributed by atoms with Gasteiger partial charge in [-0.2, -0.15) is 13.9 Å². The van der Waals surface area contributed by atoms with Crippen molar-refractivity contribution in [2.45, 2.75) is 13.5 Å². The second-order valence-corrected chi connectivity index (χ2v) is 7.57. The Morgan fingerprint density at radius 2 is 1.74 bits per heavy atom. The predicted octanol–water partition coefficient (Wildman–Crippen LogP) is 5.64. The number of H-pyrrole nitrogens is 1. The highest BCUT2D eigenvalue weighted by Crippen LogP contribution is 2.28. The molecule has 174 valence electrons. The van der Waals surface area contributed by atoms with E-state index in [1.807, 2.05) is 43.3 Å². The van der Waals surface area contributed by atoms with E-state index in [0.717, 1.165) is 28.1 Å². The monoisotopic (exact) mass is 471 g/mol. The van der Waals surface area contributed by atoms with Crippen molar-refractivity contribution in [2.24, 2.45) is 0 Å². The van der Waals surface area contributed by atoms with Gasteiger partial charge in [0.1, 0.15) is 5.75 Å². The second kappa shape index (κ2) is 9.64. The van der Waals surface area contributed by atoms with E-state index in [2.05, 4.69) is 40.2 Å². The van der Waals surface area contributed by atoms with Crippen LogP contribution in [0.1, 0.15) is 5.56 Å². The summed E-state index contributed by atoms with van der Waals surface area (Å²) in [5.74, 6) is 1.52. The van der Waals surface area contributed by atoms with Gasteiger partial charge in [0.15, 0.2) is 11.6 Å². The van der Waals surface area contributed by atoms with Crippen LogP contribution in [0.3, 0.4) is 0 Å². The quantitative estimate of drug-likeness (QED) is 0.317. The van der Waals surface area contributed by atoms with Gasteiger partial charge in [-0.15, -0.1) is 0 Å². The number of hydrogen-bond acceptors (Lipinski definition) is 7. The zero-order chi connectivity index (χ0) is 24.2. The van der Waals surface area contributed by atoms with Crippen LogP contribution in [0.2, 0.25) is 0 Å². The number of nitrogens with zero attached hydrogens (tertiary/aromatic N) is 5. The Bertz CT molecular complexity index is 1440. The average molecular weight is 471 g/mol. The first-order chi connectivity index (χ1) is 17.0. The molecule has 0 aliphatic carbocycles. The number of alkyl halides is 2. The van der Waals surface area contributed by atoms with Crippen molar-refractivity contribution in [1.82, 2.24) is 30.1 Å².